The Labute approximate surface area is 113 Å². The predicted octanol–water partition coefficient (Wildman–Crippen LogP) is 0.961. The van der Waals surface area contributed by atoms with E-state index in [-0.39, 0.29) is 0 Å². The number of aromatic nitrogens is 2. The predicted molar refractivity (Wildman–Crippen MR) is 76.2 cm³/mol. The highest BCUT2D eigenvalue weighted by atomic mass is 32.1. The van der Waals surface area contributed by atoms with Crippen LogP contribution in [-0.2, 0) is 6.42 Å². The first kappa shape index (κ1) is 13.7. The Kier molecular flexibility index (Phi) is 5.34. The molecular weight excluding hydrogens is 246 g/mol. The number of hydrogen-bond acceptors (Lipinski definition) is 6. The second kappa shape index (κ2) is 7.01. The Morgan fingerprint density at radius 1 is 1.28 bits per heavy atom. The number of nitrogens with two attached hydrogens (primary N) is 1. The van der Waals surface area contributed by atoms with Crippen LogP contribution < -0.4 is 10.6 Å². The molecule has 1 aliphatic rings. The summed E-state index contributed by atoms with van der Waals surface area (Å²) >= 11 is 1.54. The van der Waals surface area contributed by atoms with E-state index in [9.17, 15) is 0 Å². The molecule has 102 valence electrons. The smallest absolute Gasteiger partial charge is 0.205 e. The van der Waals surface area contributed by atoms with Gasteiger partial charge < -0.3 is 15.5 Å². The van der Waals surface area contributed by atoms with Gasteiger partial charge in [-0.1, -0.05) is 6.92 Å². The Balaban J connectivity index is 1.92. The second-order valence-corrected chi connectivity index (χ2v) is 5.44. The van der Waals surface area contributed by atoms with Crippen LogP contribution in [0, 0.1) is 0 Å². The van der Waals surface area contributed by atoms with E-state index < -0.39 is 0 Å². The molecule has 0 radical (unpaired) electrons. The van der Waals surface area contributed by atoms with E-state index in [0.717, 1.165) is 63.1 Å². The van der Waals surface area contributed by atoms with E-state index in [1.54, 1.807) is 11.5 Å². The first-order chi connectivity index (χ1) is 8.83. The summed E-state index contributed by atoms with van der Waals surface area (Å²) in [6.45, 7) is 8.28. The van der Waals surface area contributed by atoms with Gasteiger partial charge in [0.25, 0.3) is 0 Å². The van der Waals surface area contributed by atoms with Gasteiger partial charge in [0.05, 0.1) is 0 Å². The highest BCUT2D eigenvalue weighted by Gasteiger charge is 2.17. The minimum atomic E-state index is 0.749. The van der Waals surface area contributed by atoms with Crippen molar-refractivity contribution in [2.45, 2.75) is 26.2 Å². The molecule has 1 aliphatic heterocycles. The van der Waals surface area contributed by atoms with Gasteiger partial charge in [-0.15, -0.1) is 0 Å². The van der Waals surface area contributed by atoms with Crippen LogP contribution >= 0.6 is 11.5 Å². The molecular formula is C12H23N5S. The summed E-state index contributed by atoms with van der Waals surface area (Å²) < 4.78 is 4.42. The van der Waals surface area contributed by atoms with Gasteiger partial charge in [-0.2, -0.15) is 4.37 Å². The standard InChI is InChI=1S/C12H23N5S/c1-2-4-11-14-12(18-15-11)17-7-3-6-16(8-5-13)9-10-17/h2-10,13H2,1H3. The highest BCUT2D eigenvalue weighted by molar-refractivity contribution is 7.09. The number of nitrogens with zero attached hydrogens (tertiary/aromatic N) is 4. The number of hydrogen-bond donors (Lipinski definition) is 1. The van der Waals surface area contributed by atoms with Crippen LogP contribution in [0.2, 0.25) is 0 Å². The molecule has 0 spiro atoms. The zero-order valence-corrected chi connectivity index (χ0v) is 12.0. The lowest BCUT2D eigenvalue weighted by atomic mass is 10.3. The van der Waals surface area contributed by atoms with Gasteiger partial charge in [-0.05, 0) is 19.4 Å². The minimum Gasteiger partial charge on any atom is -0.346 e. The quantitative estimate of drug-likeness (QED) is 0.863. The number of anilines is 1. The molecule has 6 heteroatoms. The van der Waals surface area contributed by atoms with Crippen LogP contribution in [0.4, 0.5) is 5.13 Å². The lowest BCUT2D eigenvalue weighted by molar-refractivity contribution is 0.302. The maximum atomic E-state index is 5.62. The molecule has 0 unspecified atom stereocenters. The molecule has 0 amide bonds. The number of rotatable bonds is 5. The summed E-state index contributed by atoms with van der Waals surface area (Å²) in [6, 6.07) is 0. The maximum absolute atomic E-state index is 5.62. The van der Waals surface area contributed by atoms with Gasteiger partial charge in [0.1, 0.15) is 5.82 Å². The van der Waals surface area contributed by atoms with Crippen LogP contribution in [0.3, 0.4) is 0 Å². The Hall–Kier alpha value is -0.720. The van der Waals surface area contributed by atoms with Crippen LogP contribution in [0.1, 0.15) is 25.6 Å². The van der Waals surface area contributed by atoms with Gasteiger partial charge in [-0.25, -0.2) is 4.98 Å². The molecule has 0 atom stereocenters. The molecule has 1 aromatic heterocycles. The van der Waals surface area contributed by atoms with Crippen LogP contribution in [0.15, 0.2) is 0 Å². The number of aryl methyl sites for hydroxylation is 1. The van der Waals surface area contributed by atoms with Crippen molar-refractivity contribution in [1.29, 1.82) is 0 Å². The minimum absolute atomic E-state index is 0.749. The van der Waals surface area contributed by atoms with Crippen molar-refractivity contribution in [3.8, 4) is 0 Å². The molecule has 2 N–H and O–H groups in total. The van der Waals surface area contributed by atoms with E-state index >= 15 is 0 Å². The van der Waals surface area contributed by atoms with Crippen molar-refractivity contribution < 1.29 is 0 Å². The molecule has 2 rings (SSSR count). The second-order valence-electron chi connectivity index (χ2n) is 4.71. The topological polar surface area (TPSA) is 58.3 Å². The van der Waals surface area contributed by atoms with E-state index in [0.29, 0.717) is 0 Å². The average molecular weight is 269 g/mol. The van der Waals surface area contributed by atoms with Crippen LogP contribution in [-0.4, -0.2) is 53.5 Å². The van der Waals surface area contributed by atoms with Crippen molar-refractivity contribution in [3.63, 3.8) is 0 Å². The van der Waals surface area contributed by atoms with E-state index in [1.165, 1.54) is 6.42 Å². The molecule has 0 bridgehead atoms. The molecule has 1 fully saturated rings. The lowest BCUT2D eigenvalue weighted by Gasteiger charge is -2.20. The molecule has 1 saturated heterocycles. The third-order valence-corrected chi connectivity index (χ3v) is 4.05. The monoisotopic (exact) mass is 269 g/mol. The normalized spacial score (nSPS) is 18.0. The van der Waals surface area contributed by atoms with Crippen molar-refractivity contribution in [2.75, 3.05) is 44.2 Å². The summed E-state index contributed by atoms with van der Waals surface area (Å²) in [6.07, 6.45) is 3.28. The van der Waals surface area contributed by atoms with Crippen LogP contribution in [0.5, 0.6) is 0 Å². The molecule has 18 heavy (non-hydrogen) atoms. The highest BCUT2D eigenvalue weighted by Crippen LogP contribution is 2.19. The van der Waals surface area contributed by atoms with Gasteiger partial charge in [0.2, 0.25) is 5.13 Å². The SMILES string of the molecule is CCCc1nsc(N2CCCN(CCN)CC2)n1. The molecule has 2 heterocycles. The van der Waals surface area contributed by atoms with Crippen LogP contribution in [0.25, 0.3) is 0 Å². The first-order valence-electron chi connectivity index (χ1n) is 6.83. The van der Waals surface area contributed by atoms with E-state index in [4.69, 9.17) is 5.73 Å². The van der Waals surface area contributed by atoms with Crippen molar-refractivity contribution in [3.05, 3.63) is 5.82 Å². The van der Waals surface area contributed by atoms with Crippen molar-refractivity contribution >= 4 is 16.7 Å². The molecule has 1 aromatic rings. The van der Waals surface area contributed by atoms with Gasteiger partial charge >= 0.3 is 0 Å². The Bertz CT molecular complexity index is 354. The fourth-order valence-corrected chi connectivity index (χ4v) is 3.03. The lowest BCUT2D eigenvalue weighted by Crippen LogP contribution is -2.33. The summed E-state index contributed by atoms with van der Waals surface area (Å²) in [5.41, 5.74) is 5.62. The fourth-order valence-electron chi connectivity index (χ4n) is 2.27. The third kappa shape index (κ3) is 3.63. The Morgan fingerprint density at radius 3 is 2.94 bits per heavy atom. The first-order valence-corrected chi connectivity index (χ1v) is 7.60. The zero-order chi connectivity index (χ0) is 12.8. The molecule has 0 aliphatic carbocycles. The molecule has 0 saturated carbocycles. The third-order valence-electron chi connectivity index (χ3n) is 3.24. The summed E-state index contributed by atoms with van der Waals surface area (Å²) in [7, 11) is 0. The summed E-state index contributed by atoms with van der Waals surface area (Å²) in [5.74, 6) is 1.00. The van der Waals surface area contributed by atoms with Crippen molar-refractivity contribution in [1.82, 2.24) is 14.3 Å². The zero-order valence-electron chi connectivity index (χ0n) is 11.1. The van der Waals surface area contributed by atoms with Gasteiger partial charge in [0, 0.05) is 50.7 Å². The Morgan fingerprint density at radius 2 is 2.17 bits per heavy atom. The van der Waals surface area contributed by atoms with Gasteiger partial charge in [0.15, 0.2) is 0 Å². The van der Waals surface area contributed by atoms with E-state index in [1.807, 2.05) is 0 Å². The fraction of sp³-hybridized carbons (Fsp3) is 0.833. The van der Waals surface area contributed by atoms with E-state index in [2.05, 4.69) is 26.1 Å². The summed E-state index contributed by atoms with van der Waals surface area (Å²) in [4.78, 5) is 9.43. The summed E-state index contributed by atoms with van der Waals surface area (Å²) in [5, 5.41) is 1.09. The average Bonchev–Trinajstić information content (AvgIpc) is 2.70. The largest absolute Gasteiger partial charge is 0.346 e. The van der Waals surface area contributed by atoms with Crippen molar-refractivity contribution in [2.24, 2.45) is 5.73 Å². The molecule has 0 aromatic carbocycles. The maximum Gasteiger partial charge on any atom is 0.205 e. The van der Waals surface area contributed by atoms with Gasteiger partial charge in [-0.3, -0.25) is 0 Å². The molecule has 5 nitrogen and oxygen atoms in total.